The molecule has 0 aliphatic carbocycles. The highest BCUT2D eigenvalue weighted by molar-refractivity contribution is 5.83. The van der Waals surface area contributed by atoms with E-state index in [1.807, 2.05) is 6.07 Å². The molecule has 15 heavy (non-hydrogen) atoms. The van der Waals surface area contributed by atoms with Crippen molar-refractivity contribution in [3.8, 4) is 0 Å². The summed E-state index contributed by atoms with van der Waals surface area (Å²) in [5.41, 5.74) is 10.8. The quantitative estimate of drug-likeness (QED) is 0.543. The van der Waals surface area contributed by atoms with Crippen molar-refractivity contribution in [2.24, 2.45) is 0 Å². The molecule has 0 spiro atoms. The van der Waals surface area contributed by atoms with Gasteiger partial charge in [-0.05, 0) is 24.5 Å². The van der Waals surface area contributed by atoms with E-state index in [0.29, 0.717) is 0 Å². The average Bonchev–Trinajstić information content (AvgIpc) is 2.15. The summed E-state index contributed by atoms with van der Waals surface area (Å²) in [5.74, 6) is 0. The molecule has 0 unspecified atom stereocenters. The van der Waals surface area contributed by atoms with Crippen LogP contribution in [0.2, 0.25) is 0 Å². The van der Waals surface area contributed by atoms with E-state index in [1.165, 1.54) is 23.4 Å². The third-order valence-electron chi connectivity index (χ3n) is 2.89. The van der Waals surface area contributed by atoms with Crippen LogP contribution in [0, 0.1) is 0 Å². The molecule has 0 saturated carbocycles. The normalized spacial score (nSPS) is 15.7. The molecule has 0 fully saturated rings. The second-order valence-electron chi connectivity index (χ2n) is 5.08. The van der Waals surface area contributed by atoms with Gasteiger partial charge in [0.1, 0.15) is 5.69 Å². The van der Waals surface area contributed by atoms with E-state index in [2.05, 4.69) is 32.5 Å². The molecular weight excluding hydrogens is 186 g/mol. The first-order valence-electron chi connectivity index (χ1n) is 5.47. The summed E-state index contributed by atoms with van der Waals surface area (Å²) in [6.07, 6.45) is 2.38. The van der Waals surface area contributed by atoms with E-state index in [4.69, 9.17) is 5.73 Å². The first kappa shape index (κ1) is 10.3. The van der Waals surface area contributed by atoms with Crippen LogP contribution in [0.1, 0.15) is 12.0 Å². The number of nitrogens with two attached hydrogens (primary N) is 1. The largest absolute Gasteiger partial charge is 0.394 e. The Labute approximate surface area is 91.5 Å². The van der Waals surface area contributed by atoms with Crippen LogP contribution in [0.25, 0.3) is 0 Å². The number of aryl methyl sites for hydroxylation is 1. The Morgan fingerprint density at radius 2 is 2.00 bits per heavy atom. The number of hydrogen-bond acceptors (Lipinski definition) is 2. The topological polar surface area (TPSA) is 38.0 Å². The van der Waals surface area contributed by atoms with E-state index in [9.17, 15) is 0 Å². The number of nitrogens with zero attached hydrogens (tertiary/aromatic N) is 1. The number of fused-ring (bicyclic) bond motifs is 1. The molecule has 1 heterocycles. The number of nitrogens with one attached hydrogen (secondary N) is 1. The van der Waals surface area contributed by atoms with Gasteiger partial charge < -0.3 is 11.1 Å². The predicted molar refractivity (Wildman–Crippen MR) is 67.2 cm³/mol. The molecule has 1 aromatic carbocycles. The minimum Gasteiger partial charge on any atom is -0.394 e. The van der Waals surface area contributed by atoms with E-state index in [-0.39, 0.29) is 0 Å². The van der Waals surface area contributed by atoms with Crippen molar-refractivity contribution >= 4 is 17.1 Å². The van der Waals surface area contributed by atoms with Crippen LogP contribution >= 0.6 is 0 Å². The summed E-state index contributed by atoms with van der Waals surface area (Å²) in [5, 5.41) is 3.48. The number of benzene rings is 1. The molecule has 0 aromatic heterocycles. The van der Waals surface area contributed by atoms with Gasteiger partial charge in [0.05, 0.1) is 26.8 Å². The summed E-state index contributed by atoms with van der Waals surface area (Å²) in [6, 6.07) is 4.18. The van der Waals surface area contributed by atoms with Crippen molar-refractivity contribution in [3.05, 3.63) is 17.7 Å². The van der Waals surface area contributed by atoms with Gasteiger partial charge in [0.2, 0.25) is 0 Å². The van der Waals surface area contributed by atoms with Gasteiger partial charge in [0.15, 0.2) is 5.69 Å². The molecule has 0 atom stereocenters. The van der Waals surface area contributed by atoms with Crippen LogP contribution in [-0.2, 0) is 6.42 Å². The van der Waals surface area contributed by atoms with Crippen LogP contribution in [-0.4, -0.2) is 27.7 Å². The van der Waals surface area contributed by atoms with Crippen LogP contribution < -0.4 is 15.5 Å². The van der Waals surface area contributed by atoms with Crippen molar-refractivity contribution in [2.75, 3.05) is 38.7 Å². The highest BCUT2D eigenvalue weighted by atomic mass is 15.3. The van der Waals surface area contributed by atoms with Crippen molar-refractivity contribution in [2.45, 2.75) is 12.8 Å². The summed E-state index contributed by atoms with van der Waals surface area (Å²) in [6.45, 7) is 1.06. The lowest BCUT2D eigenvalue weighted by molar-refractivity contribution is 0.488. The number of anilines is 2. The third kappa shape index (κ3) is 1.79. The van der Waals surface area contributed by atoms with Gasteiger partial charge in [-0.3, -0.25) is 4.48 Å². The molecule has 0 amide bonds. The molecule has 1 aliphatic rings. The van der Waals surface area contributed by atoms with Gasteiger partial charge in [-0.25, -0.2) is 0 Å². The third-order valence-corrected chi connectivity index (χ3v) is 2.89. The second-order valence-corrected chi connectivity index (χ2v) is 5.08. The van der Waals surface area contributed by atoms with E-state index >= 15 is 0 Å². The maximum atomic E-state index is 6.08. The Kier molecular flexibility index (Phi) is 2.35. The highest BCUT2D eigenvalue weighted by Gasteiger charge is 2.25. The van der Waals surface area contributed by atoms with Gasteiger partial charge in [0.25, 0.3) is 0 Å². The van der Waals surface area contributed by atoms with Gasteiger partial charge in [-0.2, -0.15) is 0 Å². The first-order chi connectivity index (χ1) is 7.00. The monoisotopic (exact) mass is 206 g/mol. The number of nitrogen functional groups attached to an aromatic ring is 1. The van der Waals surface area contributed by atoms with Gasteiger partial charge in [-0.15, -0.1) is 0 Å². The van der Waals surface area contributed by atoms with Crippen molar-refractivity contribution < 1.29 is 0 Å². The first-order valence-corrected chi connectivity index (χ1v) is 5.47. The van der Waals surface area contributed by atoms with E-state index in [1.54, 1.807) is 0 Å². The number of rotatable bonds is 1. The molecule has 0 radical (unpaired) electrons. The minimum atomic E-state index is 0.766. The predicted octanol–water partition coefficient (Wildman–Crippen LogP) is 1.82. The number of quaternary nitrogens is 1. The molecule has 3 N–H and O–H groups in total. The Bertz CT molecular complexity index is 377. The fourth-order valence-corrected chi connectivity index (χ4v) is 2.27. The molecule has 82 valence electrons. The van der Waals surface area contributed by atoms with Gasteiger partial charge >= 0.3 is 0 Å². The zero-order valence-electron chi connectivity index (χ0n) is 9.80. The van der Waals surface area contributed by atoms with Gasteiger partial charge in [0, 0.05) is 6.54 Å². The minimum absolute atomic E-state index is 0.766. The Morgan fingerprint density at radius 1 is 1.27 bits per heavy atom. The Morgan fingerprint density at radius 3 is 2.67 bits per heavy atom. The zero-order valence-corrected chi connectivity index (χ0v) is 9.80. The van der Waals surface area contributed by atoms with Crippen LogP contribution in [0.5, 0.6) is 0 Å². The molecule has 3 nitrogen and oxygen atoms in total. The molecule has 0 bridgehead atoms. The lowest BCUT2D eigenvalue weighted by atomic mass is 10.0. The highest BCUT2D eigenvalue weighted by Crippen LogP contribution is 2.39. The molecule has 3 heteroatoms. The average molecular weight is 206 g/mol. The van der Waals surface area contributed by atoms with E-state index < -0.39 is 0 Å². The Hall–Kier alpha value is -1.22. The summed E-state index contributed by atoms with van der Waals surface area (Å²) >= 11 is 0. The van der Waals surface area contributed by atoms with Gasteiger partial charge in [-0.1, -0.05) is 6.07 Å². The van der Waals surface area contributed by atoms with Crippen LogP contribution in [0.15, 0.2) is 12.1 Å². The second kappa shape index (κ2) is 3.42. The molecular formula is C12H20N3+. The molecule has 1 aromatic rings. The Balaban J connectivity index is 2.60. The fourth-order valence-electron chi connectivity index (χ4n) is 2.27. The molecule has 2 rings (SSSR count). The molecule has 0 saturated heterocycles. The lowest BCUT2D eigenvalue weighted by Gasteiger charge is -2.30. The maximum absolute atomic E-state index is 6.08. The van der Waals surface area contributed by atoms with E-state index in [0.717, 1.165) is 23.1 Å². The maximum Gasteiger partial charge on any atom is 0.179 e. The fraction of sp³-hybridized carbons (Fsp3) is 0.500. The standard InChI is InChI=1S/C12H20N3/c1-15(2,3)12-10(13)7-6-9-5-4-8-14-11(9)12/h6-7,14H,4-5,8,13H2,1-3H3/q+1. The smallest absolute Gasteiger partial charge is 0.179 e. The lowest BCUT2D eigenvalue weighted by Crippen LogP contribution is -2.37. The van der Waals surface area contributed by atoms with Crippen LogP contribution in [0.4, 0.5) is 17.1 Å². The summed E-state index contributed by atoms with van der Waals surface area (Å²) < 4.78 is 0.766. The van der Waals surface area contributed by atoms with Crippen LogP contribution in [0.3, 0.4) is 0 Å². The zero-order chi connectivity index (χ0) is 11.1. The summed E-state index contributed by atoms with van der Waals surface area (Å²) in [7, 11) is 6.47. The molecule has 1 aliphatic heterocycles. The van der Waals surface area contributed by atoms with Crippen molar-refractivity contribution in [3.63, 3.8) is 0 Å². The van der Waals surface area contributed by atoms with Crippen molar-refractivity contribution in [1.82, 2.24) is 4.48 Å². The van der Waals surface area contributed by atoms with Crippen molar-refractivity contribution in [1.29, 1.82) is 0 Å². The summed E-state index contributed by atoms with van der Waals surface area (Å²) in [4.78, 5) is 0. The number of hydrogen-bond donors (Lipinski definition) is 2. The SMILES string of the molecule is C[N+](C)(C)c1c(N)ccc2c1NCCC2.